The zero-order valence-corrected chi connectivity index (χ0v) is 15.8. The Morgan fingerprint density at radius 2 is 1.93 bits per heavy atom. The number of nitrogens with one attached hydrogen (secondary N) is 1. The molecule has 0 saturated heterocycles. The predicted octanol–water partition coefficient (Wildman–Crippen LogP) is 3.66. The number of thiophene rings is 1. The normalized spacial score (nSPS) is 10.7. The van der Waals surface area contributed by atoms with Crippen LogP contribution in [0.4, 0.5) is 5.69 Å². The molecule has 0 bridgehead atoms. The number of anilines is 1. The molecule has 7 heteroatoms. The van der Waals surface area contributed by atoms with Gasteiger partial charge in [0.05, 0.1) is 22.4 Å². The van der Waals surface area contributed by atoms with E-state index >= 15 is 0 Å². The topological polar surface area (TPSA) is 77.4 Å². The number of fused-ring (bicyclic) bond motifs is 1. The molecule has 3 rings (SSSR count). The number of unbranched alkanes of at least 4 members (excludes halogenated alkanes) is 1. The van der Waals surface area contributed by atoms with Crippen LogP contribution in [0, 0.1) is 0 Å². The number of carbonyl (C=O) groups excluding carboxylic acids is 2. The minimum Gasteiger partial charge on any atom is -0.462 e. The Kier molecular flexibility index (Phi) is 6.03. The monoisotopic (exact) mass is 384 g/mol. The van der Waals surface area contributed by atoms with Gasteiger partial charge in [-0.2, -0.15) is 0 Å². The van der Waals surface area contributed by atoms with Crippen molar-refractivity contribution in [2.24, 2.45) is 0 Å². The van der Waals surface area contributed by atoms with Gasteiger partial charge in [0.1, 0.15) is 6.54 Å². The number of benzene rings is 1. The van der Waals surface area contributed by atoms with Gasteiger partial charge in [0.2, 0.25) is 5.91 Å². The summed E-state index contributed by atoms with van der Waals surface area (Å²) in [4.78, 5) is 36.0. The van der Waals surface area contributed by atoms with Gasteiger partial charge in [0.25, 0.3) is 0 Å². The van der Waals surface area contributed by atoms with Crippen LogP contribution in [0.3, 0.4) is 0 Å². The Bertz CT molecular complexity index is 1000. The molecule has 6 nitrogen and oxygen atoms in total. The van der Waals surface area contributed by atoms with Gasteiger partial charge in [-0.1, -0.05) is 13.3 Å². The standard InChI is InChI=1S/C20H20N2O4S/c1-2-3-11-26-20(25)14-4-6-15(7-5-14)21-18(24)13-22-10-8-17(23)19-16(22)9-12-27-19/h4-10,12H,2-3,11,13H2,1H3,(H,21,24). The second kappa shape index (κ2) is 8.64. The molecule has 1 N–H and O–H groups in total. The Hall–Kier alpha value is -2.93. The summed E-state index contributed by atoms with van der Waals surface area (Å²) in [5.74, 6) is -0.584. The van der Waals surface area contributed by atoms with Crippen molar-refractivity contribution in [3.8, 4) is 0 Å². The van der Waals surface area contributed by atoms with Gasteiger partial charge in [0, 0.05) is 18.0 Å². The third-order valence-electron chi connectivity index (χ3n) is 4.03. The molecule has 0 saturated carbocycles. The molecule has 1 amide bonds. The Labute approximate surface area is 160 Å². The van der Waals surface area contributed by atoms with Gasteiger partial charge in [-0.15, -0.1) is 11.3 Å². The highest BCUT2D eigenvalue weighted by atomic mass is 32.1. The van der Waals surface area contributed by atoms with Crippen molar-refractivity contribution in [3.05, 3.63) is 63.8 Å². The van der Waals surface area contributed by atoms with E-state index in [4.69, 9.17) is 4.74 Å². The third-order valence-corrected chi connectivity index (χ3v) is 4.95. The molecule has 0 aliphatic carbocycles. The number of rotatable bonds is 7. The second-order valence-electron chi connectivity index (χ2n) is 6.06. The highest BCUT2D eigenvalue weighted by Gasteiger charge is 2.10. The van der Waals surface area contributed by atoms with Gasteiger partial charge in [-0.3, -0.25) is 9.59 Å². The van der Waals surface area contributed by atoms with E-state index in [0.717, 1.165) is 18.4 Å². The molecule has 0 unspecified atom stereocenters. The van der Waals surface area contributed by atoms with E-state index in [-0.39, 0.29) is 23.9 Å². The van der Waals surface area contributed by atoms with Crippen LogP contribution in [0.5, 0.6) is 0 Å². The fourth-order valence-electron chi connectivity index (χ4n) is 2.60. The van der Waals surface area contributed by atoms with Crippen LogP contribution in [0.15, 0.2) is 52.8 Å². The third kappa shape index (κ3) is 4.62. The fraction of sp³-hybridized carbons (Fsp3) is 0.250. The van der Waals surface area contributed by atoms with Gasteiger partial charge < -0.3 is 14.6 Å². The van der Waals surface area contributed by atoms with Gasteiger partial charge >= 0.3 is 5.97 Å². The SMILES string of the molecule is CCCCOC(=O)c1ccc(NC(=O)Cn2ccc(=O)c3sccc32)cc1. The number of ether oxygens (including phenoxy) is 1. The number of nitrogens with zero attached hydrogens (tertiary/aromatic N) is 1. The molecule has 140 valence electrons. The maximum atomic E-state index is 12.3. The van der Waals surface area contributed by atoms with Crippen LogP contribution in [-0.4, -0.2) is 23.1 Å². The first-order valence-corrected chi connectivity index (χ1v) is 9.60. The molecule has 1 aromatic carbocycles. The quantitative estimate of drug-likeness (QED) is 0.498. The lowest BCUT2D eigenvalue weighted by Gasteiger charge is -2.10. The molecular formula is C20H20N2O4S. The van der Waals surface area contributed by atoms with Crippen molar-refractivity contribution in [2.45, 2.75) is 26.3 Å². The molecule has 0 aliphatic heterocycles. The number of hydrogen-bond acceptors (Lipinski definition) is 5. The largest absolute Gasteiger partial charge is 0.462 e. The maximum Gasteiger partial charge on any atom is 0.338 e. The number of carbonyl (C=O) groups is 2. The van der Waals surface area contributed by atoms with Crippen LogP contribution >= 0.6 is 11.3 Å². The lowest BCUT2D eigenvalue weighted by molar-refractivity contribution is -0.116. The lowest BCUT2D eigenvalue weighted by Crippen LogP contribution is -2.20. The summed E-state index contributed by atoms with van der Waals surface area (Å²) in [7, 11) is 0. The average Bonchev–Trinajstić information content (AvgIpc) is 3.16. The van der Waals surface area contributed by atoms with E-state index in [1.54, 1.807) is 35.0 Å². The first kappa shape index (κ1) is 18.8. The fourth-order valence-corrected chi connectivity index (χ4v) is 3.43. The smallest absolute Gasteiger partial charge is 0.338 e. The summed E-state index contributed by atoms with van der Waals surface area (Å²) in [5.41, 5.74) is 1.74. The molecule has 27 heavy (non-hydrogen) atoms. The summed E-state index contributed by atoms with van der Waals surface area (Å²) < 4.78 is 7.53. The van der Waals surface area contributed by atoms with Crippen molar-refractivity contribution >= 4 is 39.1 Å². The summed E-state index contributed by atoms with van der Waals surface area (Å²) in [6, 6.07) is 9.87. The molecular weight excluding hydrogens is 364 g/mol. The molecule has 0 atom stereocenters. The van der Waals surface area contributed by atoms with Crippen LogP contribution in [0.1, 0.15) is 30.1 Å². The second-order valence-corrected chi connectivity index (χ2v) is 6.97. The average molecular weight is 384 g/mol. The van der Waals surface area contributed by atoms with Gasteiger partial charge in [0.15, 0.2) is 5.43 Å². The minimum atomic E-state index is -0.366. The molecule has 0 aliphatic rings. The van der Waals surface area contributed by atoms with Crippen LogP contribution < -0.4 is 10.7 Å². The number of hydrogen-bond donors (Lipinski definition) is 1. The van der Waals surface area contributed by atoms with Gasteiger partial charge in [-0.25, -0.2) is 4.79 Å². The van der Waals surface area contributed by atoms with Crippen molar-refractivity contribution < 1.29 is 14.3 Å². The minimum absolute atomic E-state index is 0.0435. The Morgan fingerprint density at radius 3 is 2.67 bits per heavy atom. The summed E-state index contributed by atoms with van der Waals surface area (Å²) in [5, 5.41) is 4.63. The summed E-state index contributed by atoms with van der Waals surface area (Å²) in [6.07, 6.45) is 3.42. The van der Waals surface area contributed by atoms with Crippen molar-refractivity contribution in [1.29, 1.82) is 0 Å². The molecule has 2 aromatic heterocycles. The van der Waals surface area contributed by atoms with Crippen LogP contribution in [-0.2, 0) is 16.1 Å². The number of aromatic nitrogens is 1. The Morgan fingerprint density at radius 1 is 1.15 bits per heavy atom. The highest BCUT2D eigenvalue weighted by molar-refractivity contribution is 7.17. The van der Waals surface area contributed by atoms with Crippen LogP contribution in [0.25, 0.3) is 10.2 Å². The van der Waals surface area contributed by atoms with Crippen molar-refractivity contribution in [2.75, 3.05) is 11.9 Å². The number of esters is 1. The first-order valence-electron chi connectivity index (χ1n) is 8.72. The lowest BCUT2D eigenvalue weighted by atomic mass is 10.2. The number of pyridine rings is 1. The van der Waals surface area contributed by atoms with E-state index < -0.39 is 0 Å². The Balaban J connectivity index is 1.62. The predicted molar refractivity (Wildman–Crippen MR) is 106 cm³/mol. The zero-order valence-electron chi connectivity index (χ0n) is 14.9. The molecule has 0 fully saturated rings. The van der Waals surface area contributed by atoms with Gasteiger partial charge in [-0.05, 0) is 42.1 Å². The first-order chi connectivity index (χ1) is 13.1. The van der Waals surface area contributed by atoms with Crippen molar-refractivity contribution in [1.82, 2.24) is 4.57 Å². The molecule has 2 heterocycles. The van der Waals surface area contributed by atoms with Crippen molar-refractivity contribution in [3.63, 3.8) is 0 Å². The van der Waals surface area contributed by atoms with E-state index in [2.05, 4.69) is 5.32 Å². The van der Waals surface area contributed by atoms with E-state index in [1.807, 2.05) is 18.4 Å². The summed E-state index contributed by atoms with van der Waals surface area (Å²) in [6.45, 7) is 2.53. The zero-order chi connectivity index (χ0) is 19.2. The number of amides is 1. The van der Waals surface area contributed by atoms with E-state index in [9.17, 15) is 14.4 Å². The summed E-state index contributed by atoms with van der Waals surface area (Å²) >= 11 is 1.36. The van der Waals surface area contributed by atoms with E-state index in [1.165, 1.54) is 17.4 Å². The van der Waals surface area contributed by atoms with E-state index in [0.29, 0.717) is 22.6 Å². The molecule has 3 aromatic rings. The van der Waals surface area contributed by atoms with Crippen LogP contribution in [0.2, 0.25) is 0 Å². The maximum absolute atomic E-state index is 12.3. The highest BCUT2D eigenvalue weighted by Crippen LogP contribution is 2.17. The molecule has 0 radical (unpaired) electrons. The molecule has 0 spiro atoms.